The number of benzene rings is 2. The fourth-order valence-electron chi connectivity index (χ4n) is 5.11. The highest BCUT2D eigenvalue weighted by molar-refractivity contribution is 6.12. The van der Waals surface area contributed by atoms with Crippen molar-refractivity contribution in [2.24, 2.45) is 0 Å². The van der Waals surface area contributed by atoms with Gasteiger partial charge in [-0.05, 0) is 71.6 Å². The van der Waals surface area contributed by atoms with Gasteiger partial charge >= 0.3 is 0 Å². The Bertz CT molecular complexity index is 1310. The lowest BCUT2D eigenvalue weighted by molar-refractivity contribution is -0.120. The number of amides is 1. The Morgan fingerprint density at radius 3 is 2.63 bits per heavy atom. The number of aliphatic hydroxyl groups excluding tert-OH is 1. The molecule has 38 heavy (non-hydrogen) atoms. The molecular formula is C30H35NO7. The van der Waals surface area contributed by atoms with E-state index in [4.69, 9.17) is 9.47 Å². The van der Waals surface area contributed by atoms with Gasteiger partial charge in [0.25, 0.3) is 12.4 Å². The smallest absolute Gasteiger partial charge is 0.298 e. The summed E-state index contributed by atoms with van der Waals surface area (Å²) in [5.74, 6) is -0.418. The number of rotatable bonds is 9. The molecule has 0 radical (unpaired) electrons. The molecule has 0 fully saturated rings. The van der Waals surface area contributed by atoms with Crippen molar-refractivity contribution in [1.29, 1.82) is 0 Å². The number of carbonyl (C=O) groups is 2. The summed E-state index contributed by atoms with van der Waals surface area (Å²) in [4.78, 5) is 25.7. The first kappa shape index (κ1) is 27.3. The number of aromatic hydroxyl groups is 2. The van der Waals surface area contributed by atoms with Gasteiger partial charge in [0.1, 0.15) is 28.5 Å². The molecule has 2 unspecified atom stereocenters. The molecule has 0 aromatic heterocycles. The number of phenols is 2. The molecule has 0 bridgehead atoms. The van der Waals surface area contributed by atoms with E-state index in [1.807, 2.05) is 6.92 Å². The highest BCUT2D eigenvalue weighted by Gasteiger charge is 2.44. The van der Waals surface area contributed by atoms with E-state index in [1.165, 1.54) is 40.3 Å². The summed E-state index contributed by atoms with van der Waals surface area (Å²) in [7, 11) is 0. The van der Waals surface area contributed by atoms with E-state index in [0.717, 1.165) is 12.8 Å². The number of aliphatic hydroxyl groups is 1. The first-order valence-corrected chi connectivity index (χ1v) is 12.8. The van der Waals surface area contributed by atoms with Gasteiger partial charge in [-0.3, -0.25) is 14.5 Å². The van der Waals surface area contributed by atoms with Crippen LogP contribution < -0.4 is 14.4 Å². The van der Waals surface area contributed by atoms with Crippen LogP contribution in [0.15, 0.2) is 47.6 Å². The summed E-state index contributed by atoms with van der Waals surface area (Å²) in [5.41, 5.74) is 2.92. The van der Waals surface area contributed by atoms with E-state index in [1.54, 1.807) is 0 Å². The molecule has 3 N–H and O–H groups in total. The van der Waals surface area contributed by atoms with Gasteiger partial charge in [-0.2, -0.15) is 0 Å². The maximum atomic E-state index is 13.4. The van der Waals surface area contributed by atoms with Gasteiger partial charge < -0.3 is 24.8 Å². The third kappa shape index (κ3) is 5.27. The predicted molar refractivity (Wildman–Crippen MR) is 144 cm³/mol. The molecule has 4 rings (SSSR count). The molecule has 2 heterocycles. The number of carbonyl (C=O) groups excluding carboxylic acids is 2. The Kier molecular flexibility index (Phi) is 7.83. The van der Waals surface area contributed by atoms with Crippen LogP contribution in [-0.2, 0) is 17.8 Å². The van der Waals surface area contributed by atoms with Crippen LogP contribution in [-0.4, -0.2) is 39.4 Å². The van der Waals surface area contributed by atoms with Crippen molar-refractivity contribution in [1.82, 2.24) is 0 Å². The van der Waals surface area contributed by atoms with Crippen LogP contribution in [0.5, 0.6) is 23.0 Å². The Morgan fingerprint density at radius 1 is 1.16 bits per heavy atom. The number of allylic oxidation sites excluding steroid dienone is 4. The van der Waals surface area contributed by atoms with Crippen molar-refractivity contribution < 1.29 is 34.4 Å². The van der Waals surface area contributed by atoms with Gasteiger partial charge in [0.15, 0.2) is 5.75 Å². The second-order valence-corrected chi connectivity index (χ2v) is 10.5. The van der Waals surface area contributed by atoms with Crippen molar-refractivity contribution in [3.05, 3.63) is 64.3 Å². The van der Waals surface area contributed by atoms with Crippen LogP contribution in [0.1, 0.15) is 74.9 Å². The number of phenolic OH excluding ortho intramolecular Hbond substituents is 2. The summed E-state index contributed by atoms with van der Waals surface area (Å²) in [6.07, 6.45) is 6.92. The number of fused-ring (bicyclic) bond motifs is 3. The molecule has 0 spiro atoms. The number of anilines is 1. The lowest BCUT2D eigenvalue weighted by Crippen LogP contribution is -2.49. The quantitative estimate of drug-likeness (QED) is 0.302. The summed E-state index contributed by atoms with van der Waals surface area (Å²) >= 11 is 0. The third-order valence-electron chi connectivity index (χ3n) is 7.34. The van der Waals surface area contributed by atoms with E-state index in [-0.39, 0.29) is 47.9 Å². The zero-order valence-corrected chi connectivity index (χ0v) is 22.3. The average molecular weight is 522 g/mol. The first-order chi connectivity index (χ1) is 18.1. The molecule has 0 saturated carbocycles. The van der Waals surface area contributed by atoms with Gasteiger partial charge in [-0.15, -0.1) is 0 Å². The van der Waals surface area contributed by atoms with Gasteiger partial charge in [-0.1, -0.05) is 29.4 Å². The maximum Gasteiger partial charge on any atom is 0.298 e. The Hall–Kier alpha value is -3.78. The number of hydrogen-bond acceptors (Lipinski definition) is 7. The van der Waals surface area contributed by atoms with Crippen molar-refractivity contribution >= 4 is 18.1 Å². The van der Waals surface area contributed by atoms with Gasteiger partial charge in [-0.25, -0.2) is 0 Å². The molecule has 0 saturated heterocycles. The molecular weight excluding hydrogens is 486 g/mol. The number of para-hydroxylation sites is 1. The van der Waals surface area contributed by atoms with Gasteiger partial charge in [0.05, 0.1) is 18.2 Å². The molecule has 1 amide bonds. The van der Waals surface area contributed by atoms with E-state index < -0.39 is 17.6 Å². The van der Waals surface area contributed by atoms with Gasteiger partial charge in [0, 0.05) is 17.5 Å². The Labute approximate surface area is 222 Å². The molecule has 2 atom stereocenters. The summed E-state index contributed by atoms with van der Waals surface area (Å²) in [5, 5.41) is 32.3. The van der Waals surface area contributed by atoms with E-state index in [0.29, 0.717) is 29.7 Å². The minimum atomic E-state index is -0.928. The minimum absolute atomic E-state index is 0.0344. The summed E-state index contributed by atoms with van der Waals surface area (Å²) in [6.45, 7) is 8.38. The minimum Gasteiger partial charge on any atom is -0.508 e. The first-order valence-electron chi connectivity index (χ1n) is 12.8. The molecule has 202 valence electrons. The largest absolute Gasteiger partial charge is 0.508 e. The fraction of sp³-hybridized carbons (Fsp3) is 0.400. The van der Waals surface area contributed by atoms with Crippen LogP contribution in [0.25, 0.3) is 0 Å². The van der Waals surface area contributed by atoms with E-state index in [9.17, 15) is 24.9 Å². The lowest BCUT2D eigenvalue weighted by atomic mass is 9.84. The maximum absolute atomic E-state index is 13.4. The van der Waals surface area contributed by atoms with Crippen molar-refractivity contribution in [2.75, 3.05) is 4.90 Å². The standard InChI is InChI=1S/C30H35NO7/c1-18(2)8-5-9-19(3)10-7-13-30(4)26(35)15-21-24(34)14-20-22(28(21)38-30)16-31(29(20)36)27-23(33)11-6-12-25(27)37-17-32/h6,8,10-12,14,17,26,33-35H,5,7,9,13,15-16H2,1-4H3/b19-10+. The normalized spacial score (nSPS) is 20.4. The SMILES string of the molecule is CC(C)=CCC/C(C)=C/CCC1(C)Oc2c(c(O)cc3c2CN(c2c(O)cccc2OC=O)C3=O)CC1O. The van der Waals surface area contributed by atoms with Crippen molar-refractivity contribution in [3.8, 4) is 23.0 Å². The van der Waals surface area contributed by atoms with Crippen LogP contribution in [0, 0.1) is 0 Å². The fourth-order valence-corrected chi connectivity index (χ4v) is 5.11. The molecule has 8 heteroatoms. The number of hydrogen-bond donors (Lipinski definition) is 3. The average Bonchev–Trinajstić information content (AvgIpc) is 3.16. The van der Waals surface area contributed by atoms with Crippen molar-refractivity contribution in [3.63, 3.8) is 0 Å². The molecule has 2 aromatic carbocycles. The molecule has 2 aliphatic rings. The predicted octanol–water partition coefficient (Wildman–Crippen LogP) is 5.32. The summed E-state index contributed by atoms with van der Waals surface area (Å²) in [6, 6.07) is 5.75. The Balaban J connectivity index is 1.61. The molecule has 2 aromatic rings. The topological polar surface area (TPSA) is 117 Å². The second kappa shape index (κ2) is 10.9. The van der Waals surface area contributed by atoms with Crippen LogP contribution in [0.3, 0.4) is 0 Å². The van der Waals surface area contributed by atoms with Crippen LogP contribution in [0.4, 0.5) is 5.69 Å². The third-order valence-corrected chi connectivity index (χ3v) is 7.34. The van der Waals surface area contributed by atoms with Gasteiger partial charge in [0.2, 0.25) is 0 Å². The zero-order valence-electron chi connectivity index (χ0n) is 22.3. The van der Waals surface area contributed by atoms with Crippen molar-refractivity contribution in [2.45, 2.75) is 78.0 Å². The lowest BCUT2D eigenvalue weighted by Gasteiger charge is -2.40. The summed E-state index contributed by atoms with van der Waals surface area (Å²) < 4.78 is 11.4. The zero-order chi connectivity index (χ0) is 27.6. The molecule has 2 aliphatic heterocycles. The van der Waals surface area contributed by atoms with E-state index in [2.05, 4.69) is 32.9 Å². The second-order valence-electron chi connectivity index (χ2n) is 10.5. The number of ether oxygens (including phenoxy) is 2. The highest BCUT2D eigenvalue weighted by Crippen LogP contribution is 2.49. The number of nitrogens with zero attached hydrogens (tertiary/aromatic N) is 1. The Morgan fingerprint density at radius 2 is 1.92 bits per heavy atom. The van der Waals surface area contributed by atoms with Crippen LogP contribution >= 0.6 is 0 Å². The highest BCUT2D eigenvalue weighted by atomic mass is 16.5. The van der Waals surface area contributed by atoms with E-state index >= 15 is 0 Å². The van der Waals surface area contributed by atoms with Crippen LogP contribution in [0.2, 0.25) is 0 Å². The molecule has 8 nitrogen and oxygen atoms in total. The molecule has 0 aliphatic carbocycles. The monoisotopic (exact) mass is 521 g/mol.